The number of rotatable bonds is 6. The maximum Gasteiger partial charge on any atom is 0.422 e. The van der Waals surface area contributed by atoms with Gasteiger partial charge in [-0.2, -0.15) is 0 Å². The molecule has 0 bridgehead atoms. The van der Waals surface area contributed by atoms with Crippen molar-refractivity contribution in [3.8, 4) is 11.4 Å². The molecule has 0 atom stereocenters. The van der Waals surface area contributed by atoms with Crippen molar-refractivity contribution in [1.29, 1.82) is 0 Å². The van der Waals surface area contributed by atoms with Crippen molar-refractivity contribution in [1.82, 2.24) is 19.7 Å². The van der Waals surface area contributed by atoms with Crippen LogP contribution in [0.15, 0.2) is 53.9 Å². The van der Waals surface area contributed by atoms with Crippen LogP contribution in [0.25, 0.3) is 11.4 Å². The number of carbonyl (C=O) groups excluding carboxylic acids is 2. The summed E-state index contributed by atoms with van der Waals surface area (Å²) in [6.07, 6.45) is 4.96. The Balaban J connectivity index is 1.61. The van der Waals surface area contributed by atoms with Crippen LogP contribution in [0.3, 0.4) is 0 Å². The molecule has 1 fully saturated rings. The minimum atomic E-state index is -0.703. The second-order valence-electron chi connectivity index (χ2n) is 8.96. The smallest absolute Gasteiger partial charge is 0.422 e. The predicted octanol–water partition coefficient (Wildman–Crippen LogP) is 4.95. The van der Waals surface area contributed by atoms with E-state index in [2.05, 4.69) is 27.4 Å². The Morgan fingerprint density at radius 1 is 1.09 bits per heavy atom. The van der Waals surface area contributed by atoms with Crippen molar-refractivity contribution in [2.24, 2.45) is 0 Å². The van der Waals surface area contributed by atoms with Gasteiger partial charge in [0, 0.05) is 23.6 Å². The van der Waals surface area contributed by atoms with Crippen LogP contribution in [-0.4, -0.2) is 42.1 Å². The van der Waals surface area contributed by atoms with E-state index in [0.717, 1.165) is 12.1 Å². The van der Waals surface area contributed by atoms with Gasteiger partial charge in [-0.25, -0.2) is 9.36 Å². The van der Waals surface area contributed by atoms with Crippen molar-refractivity contribution in [3.05, 3.63) is 54.4 Å². The zero-order valence-corrected chi connectivity index (χ0v) is 20.0. The summed E-state index contributed by atoms with van der Waals surface area (Å²) in [6, 6.07) is 11.3. The summed E-state index contributed by atoms with van der Waals surface area (Å²) in [5.74, 6) is 0.237. The first kappa shape index (κ1) is 23.0. The first-order valence-electron chi connectivity index (χ1n) is 10.9. The molecule has 1 saturated carbocycles. The van der Waals surface area contributed by atoms with E-state index in [1.54, 1.807) is 45.3 Å². The molecule has 2 aromatic heterocycles. The molecule has 1 aliphatic rings. The highest BCUT2D eigenvalue weighted by molar-refractivity contribution is 8.01. The molecule has 1 aromatic carbocycles. The Kier molecular flexibility index (Phi) is 6.25. The average molecular weight is 466 g/mol. The molecular weight excluding hydrogens is 438 g/mol. The van der Waals surface area contributed by atoms with Gasteiger partial charge in [-0.15, -0.1) is 10.2 Å². The molecule has 0 radical (unpaired) electrons. The van der Waals surface area contributed by atoms with Crippen molar-refractivity contribution in [2.45, 2.75) is 62.5 Å². The number of benzene rings is 1. The van der Waals surface area contributed by atoms with Gasteiger partial charge in [0.2, 0.25) is 11.1 Å². The van der Waals surface area contributed by atoms with Crippen LogP contribution in [0.5, 0.6) is 0 Å². The minimum absolute atomic E-state index is 0.110. The molecule has 33 heavy (non-hydrogen) atoms. The fourth-order valence-corrected chi connectivity index (χ4v) is 4.36. The highest BCUT2D eigenvalue weighted by Crippen LogP contribution is 2.52. The fraction of sp³-hybridized carbons (Fsp3) is 0.375. The Hall–Kier alpha value is -3.20. The Morgan fingerprint density at radius 2 is 1.76 bits per heavy atom. The van der Waals surface area contributed by atoms with Crippen LogP contribution < -0.4 is 5.32 Å². The van der Waals surface area contributed by atoms with E-state index in [1.807, 2.05) is 24.3 Å². The van der Waals surface area contributed by atoms with Gasteiger partial charge >= 0.3 is 6.09 Å². The van der Waals surface area contributed by atoms with Gasteiger partial charge in [-0.3, -0.25) is 9.78 Å². The minimum Gasteiger partial charge on any atom is -0.443 e. The maximum absolute atomic E-state index is 13.1. The second-order valence-corrected chi connectivity index (χ2v) is 10.3. The summed E-state index contributed by atoms with van der Waals surface area (Å²) < 4.78 is 6.25. The molecular formula is C24H27N5O3S. The van der Waals surface area contributed by atoms with Crippen molar-refractivity contribution >= 4 is 29.4 Å². The molecule has 8 nitrogen and oxygen atoms in total. The summed E-state index contributed by atoms with van der Waals surface area (Å²) in [6.45, 7) is 7.49. The Labute approximate surface area is 197 Å². The molecule has 9 heteroatoms. The number of nitrogens with zero attached hydrogens (tertiary/aromatic N) is 4. The van der Waals surface area contributed by atoms with E-state index >= 15 is 0 Å². The van der Waals surface area contributed by atoms with Crippen LogP contribution >= 0.6 is 11.8 Å². The summed E-state index contributed by atoms with van der Waals surface area (Å²) >= 11 is 1.25. The number of hydrogen-bond acceptors (Lipinski definition) is 7. The molecule has 0 saturated heterocycles. The zero-order chi connectivity index (χ0) is 23.6. The molecule has 3 aromatic rings. The van der Waals surface area contributed by atoms with E-state index in [4.69, 9.17) is 4.74 Å². The van der Waals surface area contributed by atoms with Crippen molar-refractivity contribution in [3.63, 3.8) is 0 Å². The predicted molar refractivity (Wildman–Crippen MR) is 127 cm³/mol. The normalized spacial score (nSPS) is 14.5. The monoisotopic (exact) mass is 465 g/mol. The SMILES string of the molecule is CCc1ccc(NC(=O)C2(Sc3nnc(-c4ccncc4)n3C(=O)OC(C)(C)C)CC2)cc1. The summed E-state index contributed by atoms with van der Waals surface area (Å²) in [7, 11) is 0. The topological polar surface area (TPSA) is 99.0 Å². The van der Waals surface area contributed by atoms with E-state index in [1.165, 1.54) is 21.9 Å². The molecule has 0 unspecified atom stereocenters. The summed E-state index contributed by atoms with van der Waals surface area (Å²) in [4.78, 5) is 30.2. The van der Waals surface area contributed by atoms with Gasteiger partial charge in [0.05, 0.1) is 0 Å². The highest BCUT2D eigenvalue weighted by Gasteiger charge is 2.52. The standard InChI is InChI=1S/C24H27N5O3S/c1-5-16-6-8-18(9-7-16)26-20(30)24(12-13-24)33-21-28-27-19(17-10-14-25-15-11-17)29(21)22(31)32-23(2,3)4/h6-11,14-15H,5,12-13H2,1-4H3,(H,26,30). The van der Waals surface area contributed by atoms with Gasteiger partial charge in [0.1, 0.15) is 10.3 Å². The molecule has 2 heterocycles. The average Bonchev–Trinajstić information content (AvgIpc) is 3.45. The van der Waals surface area contributed by atoms with Crippen LogP contribution in [0.1, 0.15) is 46.1 Å². The lowest BCUT2D eigenvalue weighted by atomic mass is 10.1. The third-order valence-corrected chi connectivity index (χ3v) is 6.60. The Morgan fingerprint density at radius 3 is 2.33 bits per heavy atom. The van der Waals surface area contributed by atoms with Crippen LogP contribution in [0, 0.1) is 0 Å². The first-order chi connectivity index (χ1) is 15.7. The maximum atomic E-state index is 13.1. The van der Waals surface area contributed by atoms with E-state index in [9.17, 15) is 9.59 Å². The molecule has 0 aliphatic heterocycles. The number of amides is 1. The number of aromatic nitrogens is 4. The Bertz CT molecular complexity index is 1150. The summed E-state index contributed by atoms with van der Waals surface area (Å²) in [5, 5.41) is 11.8. The molecule has 4 rings (SSSR count). The highest BCUT2D eigenvalue weighted by atomic mass is 32.2. The van der Waals surface area contributed by atoms with Crippen LogP contribution in [0.2, 0.25) is 0 Å². The van der Waals surface area contributed by atoms with Gasteiger partial charge in [0.25, 0.3) is 0 Å². The number of thioether (sulfide) groups is 1. The lowest BCUT2D eigenvalue weighted by Crippen LogP contribution is -2.30. The van der Waals surface area contributed by atoms with E-state index in [-0.39, 0.29) is 5.91 Å². The van der Waals surface area contributed by atoms with Crippen molar-refractivity contribution in [2.75, 3.05) is 5.32 Å². The molecule has 1 N–H and O–H groups in total. The summed E-state index contributed by atoms with van der Waals surface area (Å²) in [5.41, 5.74) is 1.94. The lowest BCUT2D eigenvalue weighted by molar-refractivity contribution is -0.116. The quantitative estimate of drug-likeness (QED) is 0.550. The third-order valence-electron chi connectivity index (χ3n) is 5.17. The van der Waals surface area contributed by atoms with E-state index in [0.29, 0.717) is 29.4 Å². The third kappa shape index (κ3) is 5.24. The molecule has 172 valence electrons. The number of aryl methyl sites for hydroxylation is 1. The number of pyridine rings is 1. The van der Waals surface area contributed by atoms with E-state index < -0.39 is 16.4 Å². The largest absolute Gasteiger partial charge is 0.443 e. The number of carbonyl (C=O) groups is 2. The number of hydrogen-bond donors (Lipinski definition) is 1. The fourth-order valence-electron chi connectivity index (χ4n) is 3.23. The van der Waals surface area contributed by atoms with Crippen LogP contribution in [0.4, 0.5) is 10.5 Å². The van der Waals surface area contributed by atoms with Gasteiger partial charge in [-0.05, 0) is 69.9 Å². The van der Waals surface area contributed by atoms with Crippen molar-refractivity contribution < 1.29 is 14.3 Å². The van der Waals surface area contributed by atoms with Gasteiger partial charge in [-0.1, -0.05) is 30.8 Å². The lowest BCUT2D eigenvalue weighted by Gasteiger charge is -2.21. The zero-order valence-electron chi connectivity index (χ0n) is 19.2. The number of anilines is 1. The molecule has 1 amide bonds. The second kappa shape index (κ2) is 8.97. The van der Waals surface area contributed by atoms with Gasteiger partial charge in [0.15, 0.2) is 5.82 Å². The van der Waals surface area contributed by atoms with Gasteiger partial charge < -0.3 is 10.1 Å². The molecule has 1 aliphatic carbocycles. The first-order valence-corrected chi connectivity index (χ1v) is 11.7. The number of ether oxygens (including phenoxy) is 1. The number of nitrogens with one attached hydrogen (secondary N) is 1. The molecule has 0 spiro atoms. The van der Waals surface area contributed by atoms with Crippen LogP contribution in [-0.2, 0) is 16.0 Å².